The Bertz CT molecular complexity index is 589. The van der Waals surface area contributed by atoms with Crippen LogP contribution in [0.5, 0.6) is 0 Å². The number of rotatable bonds is 4. The molecular formula is C16H19N5. The number of nitrogens with zero attached hydrogens (tertiary/aromatic N) is 4. The fourth-order valence-corrected chi connectivity index (χ4v) is 2.62. The van der Waals surface area contributed by atoms with Gasteiger partial charge in [-0.25, -0.2) is 9.97 Å². The second-order valence-electron chi connectivity index (χ2n) is 5.27. The second-order valence-corrected chi connectivity index (χ2v) is 5.27. The van der Waals surface area contributed by atoms with E-state index in [-0.39, 0.29) is 0 Å². The van der Waals surface area contributed by atoms with Crippen molar-refractivity contribution in [2.24, 2.45) is 0 Å². The lowest BCUT2D eigenvalue weighted by Gasteiger charge is -2.31. The van der Waals surface area contributed by atoms with Crippen LogP contribution in [0.25, 0.3) is 5.82 Å². The summed E-state index contributed by atoms with van der Waals surface area (Å²) in [5.41, 5.74) is 1.06. The predicted octanol–water partition coefficient (Wildman–Crippen LogP) is 1.78. The summed E-state index contributed by atoms with van der Waals surface area (Å²) in [5.74, 6) is 3.59. The van der Waals surface area contributed by atoms with Gasteiger partial charge in [0, 0.05) is 31.5 Å². The molecule has 1 aliphatic heterocycles. The quantitative estimate of drug-likeness (QED) is 0.868. The topological polar surface area (TPSA) is 46.0 Å². The van der Waals surface area contributed by atoms with Gasteiger partial charge >= 0.3 is 0 Å². The third kappa shape index (κ3) is 3.41. The van der Waals surface area contributed by atoms with E-state index in [0.717, 1.165) is 44.0 Å². The van der Waals surface area contributed by atoms with Gasteiger partial charge in [0.2, 0.25) is 0 Å². The van der Waals surface area contributed by atoms with Gasteiger partial charge in [-0.2, -0.15) is 0 Å². The van der Waals surface area contributed by atoms with E-state index in [1.807, 2.05) is 23.0 Å². The summed E-state index contributed by atoms with van der Waals surface area (Å²) in [4.78, 5) is 10.8. The average Bonchev–Trinajstić information content (AvgIpc) is 3.05. The van der Waals surface area contributed by atoms with E-state index >= 15 is 0 Å². The van der Waals surface area contributed by atoms with Crippen LogP contribution < -0.4 is 5.32 Å². The van der Waals surface area contributed by atoms with Crippen molar-refractivity contribution in [3.05, 3.63) is 37.1 Å². The highest BCUT2D eigenvalue weighted by atomic mass is 15.1. The zero-order chi connectivity index (χ0) is 14.5. The Labute approximate surface area is 125 Å². The molecule has 1 saturated heterocycles. The molecule has 0 amide bonds. The molecule has 1 fully saturated rings. The lowest BCUT2D eigenvalue weighted by Crippen LogP contribution is -2.39. The monoisotopic (exact) mass is 281 g/mol. The molecule has 1 N–H and O–H groups in total. The molecule has 108 valence electrons. The van der Waals surface area contributed by atoms with Crippen molar-refractivity contribution < 1.29 is 0 Å². The normalized spacial score (nSPS) is 16.5. The molecule has 0 unspecified atom stereocenters. The maximum Gasteiger partial charge on any atom is 0.137 e. The number of piperidine rings is 1. The molecule has 1 aliphatic rings. The largest absolute Gasteiger partial charge is 0.381 e. The van der Waals surface area contributed by atoms with Crippen molar-refractivity contribution in [3.63, 3.8) is 0 Å². The van der Waals surface area contributed by atoms with Crippen LogP contribution >= 0.6 is 0 Å². The number of aromatic nitrogens is 3. The molecule has 0 aromatic carbocycles. The lowest BCUT2D eigenvalue weighted by molar-refractivity contribution is 0.243. The van der Waals surface area contributed by atoms with Gasteiger partial charge in [-0.15, -0.1) is 6.42 Å². The van der Waals surface area contributed by atoms with Crippen molar-refractivity contribution >= 4 is 5.69 Å². The molecule has 2 aromatic heterocycles. The molecule has 0 atom stereocenters. The Morgan fingerprint density at radius 2 is 2.19 bits per heavy atom. The highest BCUT2D eigenvalue weighted by Gasteiger charge is 2.18. The van der Waals surface area contributed by atoms with Crippen molar-refractivity contribution in [2.45, 2.75) is 18.9 Å². The van der Waals surface area contributed by atoms with Crippen LogP contribution in [0.15, 0.2) is 37.1 Å². The maximum atomic E-state index is 5.35. The number of hydrogen-bond donors (Lipinski definition) is 1. The molecular weight excluding hydrogens is 262 g/mol. The highest BCUT2D eigenvalue weighted by Crippen LogP contribution is 2.16. The van der Waals surface area contributed by atoms with Gasteiger partial charge in [0.1, 0.15) is 12.1 Å². The fourth-order valence-electron chi connectivity index (χ4n) is 2.62. The molecule has 21 heavy (non-hydrogen) atoms. The smallest absolute Gasteiger partial charge is 0.137 e. The van der Waals surface area contributed by atoms with Gasteiger partial charge in [-0.1, -0.05) is 5.92 Å². The van der Waals surface area contributed by atoms with Gasteiger partial charge in [-0.05, 0) is 25.0 Å². The van der Waals surface area contributed by atoms with Crippen LogP contribution in [-0.4, -0.2) is 45.1 Å². The number of anilines is 1. The van der Waals surface area contributed by atoms with Gasteiger partial charge in [-0.3, -0.25) is 9.47 Å². The van der Waals surface area contributed by atoms with E-state index in [4.69, 9.17) is 6.42 Å². The van der Waals surface area contributed by atoms with E-state index in [2.05, 4.69) is 32.2 Å². The van der Waals surface area contributed by atoms with Gasteiger partial charge in [0.25, 0.3) is 0 Å². The van der Waals surface area contributed by atoms with E-state index in [9.17, 15) is 0 Å². The van der Waals surface area contributed by atoms with Crippen LogP contribution in [0.3, 0.4) is 0 Å². The number of imidazole rings is 1. The Morgan fingerprint density at radius 1 is 1.33 bits per heavy atom. The Hall–Kier alpha value is -2.32. The fraction of sp³-hybridized carbons (Fsp3) is 0.375. The summed E-state index contributed by atoms with van der Waals surface area (Å²) in [7, 11) is 0. The zero-order valence-corrected chi connectivity index (χ0v) is 11.9. The first kappa shape index (κ1) is 13.7. The second kappa shape index (κ2) is 6.42. The highest BCUT2D eigenvalue weighted by molar-refractivity contribution is 5.44. The molecule has 0 spiro atoms. The van der Waals surface area contributed by atoms with Crippen molar-refractivity contribution in [3.8, 4) is 18.2 Å². The number of terminal acetylenes is 1. The van der Waals surface area contributed by atoms with E-state index < -0.39 is 0 Å². The Morgan fingerprint density at radius 3 is 2.81 bits per heavy atom. The molecule has 0 aliphatic carbocycles. The minimum Gasteiger partial charge on any atom is -0.381 e. The Balaban J connectivity index is 1.56. The summed E-state index contributed by atoms with van der Waals surface area (Å²) in [6, 6.07) is 4.56. The van der Waals surface area contributed by atoms with Crippen LogP contribution in [0.4, 0.5) is 5.69 Å². The molecule has 3 rings (SSSR count). The average molecular weight is 281 g/mol. The summed E-state index contributed by atoms with van der Waals surface area (Å²) in [5, 5.41) is 3.55. The third-order valence-electron chi connectivity index (χ3n) is 3.79. The summed E-state index contributed by atoms with van der Waals surface area (Å²) in [6.45, 7) is 2.87. The molecule has 0 radical (unpaired) electrons. The summed E-state index contributed by atoms with van der Waals surface area (Å²) >= 11 is 0. The van der Waals surface area contributed by atoms with Gasteiger partial charge in [0.15, 0.2) is 0 Å². The third-order valence-corrected chi connectivity index (χ3v) is 3.79. The number of nitrogens with one attached hydrogen (secondary N) is 1. The molecule has 3 heterocycles. The van der Waals surface area contributed by atoms with Crippen LogP contribution in [0.1, 0.15) is 12.8 Å². The van der Waals surface area contributed by atoms with Crippen LogP contribution in [-0.2, 0) is 0 Å². The summed E-state index contributed by atoms with van der Waals surface area (Å²) in [6.07, 6.45) is 14.8. The van der Waals surface area contributed by atoms with E-state index in [1.54, 1.807) is 12.5 Å². The van der Waals surface area contributed by atoms with Crippen LogP contribution in [0, 0.1) is 12.3 Å². The predicted molar refractivity (Wildman–Crippen MR) is 83.3 cm³/mol. The van der Waals surface area contributed by atoms with Crippen LogP contribution in [0.2, 0.25) is 0 Å². The van der Waals surface area contributed by atoms with Gasteiger partial charge < -0.3 is 5.32 Å². The number of hydrogen-bond acceptors (Lipinski definition) is 4. The molecule has 0 bridgehead atoms. The molecule has 5 nitrogen and oxygen atoms in total. The van der Waals surface area contributed by atoms with Gasteiger partial charge in [0.05, 0.1) is 18.4 Å². The standard InChI is InChI=1S/C16H19N5/c1-2-8-20-9-5-14(6-10-20)19-15-3-4-16(18-12-15)21-11-7-17-13-21/h1,3-4,7,11-14,19H,5-6,8-10H2. The number of likely N-dealkylation sites (tertiary alicyclic amines) is 1. The molecule has 5 heteroatoms. The first-order valence-electron chi connectivity index (χ1n) is 7.22. The maximum absolute atomic E-state index is 5.35. The molecule has 2 aromatic rings. The Kier molecular flexibility index (Phi) is 4.17. The first-order valence-corrected chi connectivity index (χ1v) is 7.22. The van der Waals surface area contributed by atoms with E-state index in [1.165, 1.54) is 0 Å². The minimum absolute atomic E-state index is 0.500. The minimum atomic E-state index is 0.500. The summed E-state index contributed by atoms with van der Waals surface area (Å²) < 4.78 is 1.89. The van der Waals surface area contributed by atoms with E-state index in [0.29, 0.717) is 6.04 Å². The molecule has 0 saturated carbocycles. The zero-order valence-electron chi connectivity index (χ0n) is 11.9. The lowest BCUT2D eigenvalue weighted by atomic mass is 10.0. The SMILES string of the molecule is C#CCN1CCC(Nc2ccc(-n3ccnc3)nc2)CC1. The van der Waals surface area contributed by atoms with Crippen molar-refractivity contribution in [1.29, 1.82) is 0 Å². The van der Waals surface area contributed by atoms with Crippen molar-refractivity contribution in [2.75, 3.05) is 25.0 Å². The number of pyridine rings is 1. The first-order chi connectivity index (χ1) is 10.3. The van der Waals surface area contributed by atoms with Crippen molar-refractivity contribution in [1.82, 2.24) is 19.4 Å².